The SMILES string of the molecule is CCCn1nc(C)c(N)c1Oc1ccccc1C(N)=O. The van der Waals surface area contributed by atoms with Crippen molar-refractivity contribution in [3.05, 3.63) is 35.5 Å². The van der Waals surface area contributed by atoms with Crippen molar-refractivity contribution < 1.29 is 9.53 Å². The van der Waals surface area contributed by atoms with Gasteiger partial charge in [0.1, 0.15) is 11.4 Å². The van der Waals surface area contributed by atoms with Gasteiger partial charge in [0.15, 0.2) is 0 Å². The van der Waals surface area contributed by atoms with Crippen molar-refractivity contribution in [1.82, 2.24) is 9.78 Å². The Labute approximate surface area is 117 Å². The van der Waals surface area contributed by atoms with Gasteiger partial charge in [0.05, 0.1) is 11.3 Å². The number of anilines is 1. The summed E-state index contributed by atoms with van der Waals surface area (Å²) in [6.45, 7) is 4.54. The van der Waals surface area contributed by atoms with Crippen molar-refractivity contribution in [2.75, 3.05) is 5.73 Å². The molecule has 1 aromatic carbocycles. The molecule has 0 saturated heterocycles. The molecule has 2 aromatic rings. The predicted octanol–water partition coefficient (Wildman–Crippen LogP) is 2.07. The molecule has 2 rings (SSSR count). The van der Waals surface area contributed by atoms with E-state index in [1.807, 2.05) is 13.8 Å². The van der Waals surface area contributed by atoms with E-state index in [0.29, 0.717) is 35.1 Å². The number of aromatic nitrogens is 2. The van der Waals surface area contributed by atoms with Crippen LogP contribution in [0.3, 0.4) is 0 Å². The Balaban J connectivity index is 2.42. The topological polar surface area (TPSA) is 96.2 Å². The van der Waals surface area contributed by atoms with Crippen LogP contribution in [0, 0.1) is 6.92 Å². The number of aryl methyl sites for hydroxylation is 2. The van der Waals surface area contributed by atoms with Crippen LogP contribution in [0.5, 0.6) is 11.6 Å². The molecule has 20 heavy (non-hydrogen) atoms. The highest BCUT2D eigenvalue weighted by molar-refractivity contribution is 5.95. The molecular weight excluding hydrogens is 256 g/mol. The number of carbonyl (C=O) groups is 1. The van der Waals surface area contributed by atoms with Gasteiger partial charge in [0.2, 0.25) is 5.88 Å². The van der Waals surface area contributed by atoms with Gasteiger partial charge in [-0.3, -0.25) is 4.79 Å². The van der Waals surface area contributed by atoms with E-state index in [1.54, 1.807) is 28.9 Å². The van der Waals surface area contributed by atoms with Crippen molar-refractivity contribution in [2.45, 2.75) is 26.8 Å². The maximum atomic E-state index is 11.4. The minimum Gasteiger partial charge on any atom is -0.436 e. The second-order valence-corrected chi connectivity index (χ2v) is 4.49. The maximum Gasteiger partial charge on any atom is 0.252 e. The summed E-state index contributed by atoms with van der Waals surface area (Å²) in [5.74, 6) is 0.277. The number of carbonyl (C=O) groups excluding carboxylic acids is 1. The number of rotatable bonds is 5. The van der Waals surface area contributed by atoms with Crippen molar-refractivity contribution >= 4 is 11.6 Å². The van der Waals surface area contributed by atoms with Crippen molar-refractivity contribution in [2.24, 2.45) is 5.73 Å². The number of amides is 1. The van der Waals surface area contributed by atoms with Gasteiger partial charge in [0.25, 0.3) is 5.91 Å². The lowest BCUT2D eigenvalue weighted by Gasteiger charge is -2.11. The Morgan fingerprint density at radius 2 is 2.10 bits per heavy atom. The van der Waals surface area contributed by atoms with Gasteiger partial charge in [-0.05, 0) is 25.5 Å². The van der Waals surface area contributed by atoms with Gasteiger partial charge >= 0.3 is 0 Å². The highest BCUT2D eigenvalue weighted by Gasteiger charge is 2.17. The number of nitrogen functional groups attached to an aromatic ring is 1. The molecule has 0 spiro atoms. The molecular formula is C14H18N4O2. The van der Waals surface area contributed by atoms with Crippen LogP contribution in [-0.2, 0) is 6.54 Å². The van der Waals surface area contributed by atoms with E-state index in [9.17, 15) is 4.79 Å². The lowest BCUT2D eigenvalue weighted by Crippen LogP contribution is -2.12. The number of nitrogens with two attached hydrogens (primary N) is 2. The molecule has 1 aromatic heterocycles. The van der Waals surface area contributed by atoms with E-state index in [2.05, 4.69) is 5.10 Å². The molecule has 6 heteroatoms. The summed E-state index contributed by atoms with van der Waals surface area (Å²) in [6, 6.07) is 6.79. The number of primary amides is 1. The molecule has 0 bridgehead atoms. The van der Waals surface area contributed by atoms with Crippen molar-refractivity contribution in [3.8, 4) is 11.6 Å². The third-order valence-corrected chi connectivity index (χ3v) is 2.92. The van der Waals surface area contributed by atoms with Crippen LogP contribution in [0.1, 0.15) is 29.4 Å². The Morgan fingerprint density at radius 3 is 2.75 bits per heavy atom. The Hall–Kier alpha value is -2.50. The molecule has 4 N–H and O–H groups in total. The molecule has 0 aliphatic rings. The van der Waals surface area contributed by atoms with E-state index in [-0.39, 0.29) is 0 Å². The zero-order chi connectivity index (χ0) is 14.7. The molecule has 0 unspecified atom stereocenters. The lowest BCUT2D eigenvalue weighted by molar-refractivity contribution is 0.0998. The molecule has 6 nitrogen and oxygen atoms in total. The Kier molecular flexibility index (Phi) is 3.93. The van der Waals surface area contributed by atoms with E-state index in [0.717, 1.165) is 6.42 Å². The summed E-state index contributed by atoms with van der Waals surface area (Å²) in [6.07, 6.45) is 0.897. The monoisotopic (exact) mass is 274 g/mol. The molecule has 0 aliphatic carbocycles. The van der Waals surface area contributed by atoms with Crippen LogP contribution in [0.4, 0.5) is 5.69 Å². The molecule has 1 heterocycles. The number of hydrogen-bond acceptors (Lipinski definition) is 4. The summed E-state index contributed by atoms with van der Waals surface area (Å²) in [5.41, 5.74) is 12.8. The summed E-state index contributed by atoms with van der Waals surface area (Å²) in [5, 5.41) is 4.32. The van der Waals surface area contributed by atoms with Gasteiger partial charge in [-0.15, -0.1) is 0 Å². The third kappa shape index (κ3) is 2.59. The zero-order valence-electron chi connectivity index (χ0n) is 11.6. The first-order valence-electron chi connectivity index (χ1n) is 6.44. The fourth-order valence-corrected chi connectivity index (χ4v) is 1.91. The van der Waals surface area contributed by atoms with E-state index < -0.39 is 5.91 Å². The van der Waals surface area contributed by atoms with Crippen LogP contribution in [0.25, 0.3) is 0 Å². The van der Waals surface area contributed by atoms with Crippen LogP contribution < -0.4 is 16.2 Å². The number of nitrogens with zero attached hydrogens (tertiary/aromatic N) is 2. The average molecular weight is 274 g/mol. The number of benzene rings is 1. The first kappa shape index (κ1) is 13.9. The standard InChI is InChI=1S/C14H18N4O2/c1-3-8-18-14(12(15)9(2)17-18)20-11-7-5-4-6-10(11)13(16)19/h4-7H,3,8,15H2,1-2H3,(H2,16,19). The highest BCUT2D eigenvalue weighted by atomic mass is 16.5. The fourth-order valence-electron chi connectivity index (χ4n) is 1.91. The van der Waals surface area contributed by atoms with Crippen LogP contribution in [-0.4, -0.2) is 15.7 Å². The van der Waals surface area contributed by atoms with Crippen LogP contribution >= 0.6 is 0 Å². The molecule has 0 fully saturated rings. The second-order valence-electron chi connectivity index (χ2n) is 4.49. The summed E-state index contributed by atoms with van der Waals surface area (Å²) in [7, 11) is 0. The number of para-hydroxylation sites is 1. The van der Waals surface area contributed by atoms with E-state index >= 15 is 0 Å². The molecule has 0 atom stereocenters. The molecule has 1 amide bonds. The summed E-state index contributed by atoms with van der Waals surface area (Å²) >= 11 is 0. The van der Waals surface area contributed by atoms with E-state index in [1.165, 1.54) is 0 Å². The average Bonchev–Trinajstić information content (AvgIpc) is 2.67. The van der Waals surface area contributed by atoms with E-state index in [4.69, 9.17) is 16.2 Å². The minimum absolute atomic E-state index is 0.314. The van der Waals surface area contributed by atoms with Gasteiger partial charge in [-0.1, -0.05) is 19.1 Å². The van der Waals surface area contributed by atoms with Gasteiger partial charge in [0, 0.05) is 6.54 Å². The van der Waals surface area contributed by atoms with Crippen molar-refractivity contribution in [1.29, 1.82) is 0 Å². The van der Waals surface area contributed by atoms with Gasteiger partial charge in [-0.25, -0.2) is 4.68 Å². The second kappa shape index (κ2) is 5.64. The predicted molar refractivity (Wildman–Crippen MR) is 76.7 cm³/mol. The highest BCUT2D eigenvalue weighted by Crippen LogP contribution is 2.31. The molecule has 106 valence electrons. The Bertz CT molecular complexity index is 634. The lowest BCUT2D eigenvalue weighted by atomic mass is 10.2. The Morgan fingerprint density at radius 1 is 1.40 bits per heavy atom. The maximum absolute atomic E-state index is 11.4. The van der Waals surface area contributed by atoms with Gasteiger partial charge in [-0.2, -0.15) is 5.10 Å². The minimum atomic E-state index is -0.544. The number of ether oxygens (including phenoxy) is 1. The number of hydrogen-bond donors (Lipinski definition) is 2. The van der Waals surface area contributed by atoms with Crippen LogP contribution in [0.2, 0.25) is 0 Å². The normalized spacial score (nSPS) is 10.5. The zero-order valence-corrected chi connectivity index (χ0v) is 11.6. The fraction of sp³-hybridized carbons (Fsp3) is 0.286. The van der Waals surface area contributed by atoms with Crippen LogP contribution in [0.15, 0.2) is 24.3 Å². The molecule has 0 aliphatic heterocycles. The summed E-state index contributed by atoms with van der Waals surface area (Å²) in [4.78, 5) is 11.4. The van der Waals surface area contributed by atoms with Gasteiger partial charge < -0.3 is 16.2 Å². The first-order chi connectivity index (χ1) is 9.54. The largest absolute Gasteiger partial charge is 0.436 e. The molecule has 0 saturated carbocycles. The quantitative estimate of drug-likeness (QED) is 0.872. The smallest absolute Gasteiger partial charge is 0.252 e. The summed E-state index contributed by atoms with van der Waals surface area (Å²) < 4.78 is 7.48. The first-order valence-corrected chi connectivity index (χ1v) is 6.44. The molecule has 0 radical (unpaired) electrons. The van der Waals surface area contributed by atoms with Crippen molar-refractivity contribution in [3.63, 3.8) is 0 Å². The third-order valence-electron chi connectivity index (χ3n) is 2.92.